The molecule has 0 unspecified atom stereocenters. The van der Waals surface area contributed by atoms with Crippen molar-refractivity contribution in [3.63, 3.8) is 0 Å². The van der Waals surface area contributed by atoms with Gasteiger partial charge in [0.25, 0.3) is 0 Å². The zero-order chi connectivity index (χ0) is 11.0. The first kappa shape index (κ1) is 9.29. The first-order chi connectivity index (χ1) is 7.81. The number of nitrogens with zero attached hydrogens (tertiary/aromatic N) is 4. The smallest absolute Gasteiger partial charge is 0.329 e. The maximum absolute atomic E-state index is 4.37. The second-order valence-corrected chi connectivity index (χ2v) is 4.37. The van der Waals surface area contributed by atoms with Gasteiger partial charge in [-0.2, -0.15) is 0 Å². The summed E-state index contributed by atoms with van der Waals surface area (Å²) in [5.74, 6) is 0. The molecular weight excluding hydrogens is 222 g/mol. The Labute approximate surface area is 96.0 Å². The monoisotopic (exact) mass is 232 g/mol. The van der Waals surface area contributed by atoms with Gasteiger partial charge in [-0.15, -0.1) is 4.68 Å². The number of nitrogens with one attached hydrogen (secondary N) is 1. The van der Waals surface area contributed by atoms with Crippen LogP contribution >= 0.6 is 11.3 Å². The minimum atomic E-state index is 0.842. The third-order valence-electron chi connectivity index (χ3n) is 2.13. The lowest BCUT2D eigenvalue weighted by Crippen LogP contribution is -2.19. The van der Waals surface area contributed by atoms with E-state index in [1.165, 1.54) is 11.3 Å². The molecule has 2 aromatic heterocycles. The predicted octanol–water partition coefficient (Wildman–Crippen LogP) is 1.36. The lowest BCUT2D eigenvalue weighted by atomic mass is 10.3. The standard InChI is InChI=1S/C10H10N5S/c1-14-7-15-10(13-14)16-9(12-15)11-8-5-3-2-4-6-8/h2-7H,1H3,(H,11,12)/q+1. The Hall–Kier alpha value is -1.95. The molecule has 0 spiro atoms. The van der Waals surface area contributed by atoms with Crippen LogP contribution in [0.15, 0.2) is 36.7 Å². The van der Waals surface area contributed by atoms with E-state index in [1.807, 2.05) is 43.7 Å². The Kier molecular flexibility index (Phi) is 2.07. The summed E-state index contributed by atoms with van der Waals surface area (Å²) in [5, 5.41) is 12.7. The summed E-state index contributed by atoms with van der Waals surface area (Å²) in [7, 11) is 1.88. The van der Waals surface area contributed by atoms with Crippen molar-refractivity contribution in [1.82, 2.24) is 14.9 Å². The molecule has 6 heteroatoms. The van der Waals surface area contributed by atoms with Crippen LogP contribution in [0.2, 0.25) is 0 Å². The quantitative estimate of drug-likeness (QED) is 0.679. The number of anilines is 2. The number of aryl methyl sites for hydroxylation is 1. The average molecular weight is 232 g/mol. The summed E-state index contributed by atoms with van der Waals surface area (Å²) in [6.07, 6.45) is 1.84. The number of para-hydroxylation sites is 1. The van der Waals surface area contributed by atoms with E-state index >= 15 is 0 Å². The highest BCUT2D eigenvalue weighted by Crippen LogP contribution is 2.18. The fourth-order valence-electron chi connectivity index (χ4n) is 1.45. The van der Waals surface area contributed by atoms with Crippen LogP contribution in [0.3, 0.4) is 0 Å². The average Bonchev–Trinajstić information content (AvgIpc) is 2.76. The van der Waals surface area contributed by atoms with E-state index in [0.29, 0.717) is 0 Å². The topological polar surface area (TPSA) is 46.8 Å². The molecule has 0 aliphatic carbocycles. The first-order valence-electron chi connectivity index (χ1n) is 4.85. The van der Waals surface area contributed by atoms with E-state index in [4.69, 9.17) is 0 Å². The van der Waals surface area contributed by atoms with E-state index in [1.54, 1.807) is 9.20 Å². The predicted molar refractivity (Wildman–Crippen MR) is 61.8 cm³/mol. The molecule has 0 amide bonds. The van der Waals surface area contributed by atoms with Gasteiger partial charge in [0.1, 0.15) is 0 Å². The summed E-state index contributed by atoms with van der Waals surface area (Å²) in [6.45, 7) is 0. The van der Waals surface area contributed by atoms with Crippen LogP contribution in [0.1, 0.15) is 0 Å². The molecule has 3 rings (SSSR count). The normalized spacial score (nSPS) is 10.8. The molecule has 0 saturated heterocycles. The molecule has 0 saturated carbocycles. The number of hydrogen-bond acceptors (Lipinski definition) is 4. The van der Waals surface area contributed by atoms with Gasteiger partial charge in [-0.05, 0) is 23.5 Å². The van der Waals surface area contributed by atoms with Crippen molar-refractivity contribution >= 4 is 27.1 Å². The molecule has 0 bridgehead atoms. The van der Waals surface area contributed by atoms with Gasteiger partial charge < -0.3 is 5.32 Å². The maximum atomic E-state index is 4.37. The molecule has 0 atom stereocenters. The van der Waals surface area contributed by atoms with E-state index in [-0.39, 0.29) is 0 Å². The molecule has 0 aliphatic heterocycles. The van der Waals surface area contributed by atoms with Gasteiger partial charge in [-0.1, -0.05) is 27.8 Å². The molecule has 1 N–H and O–H groups in total. The lowest BCUT2D eigenvalue weighted by molar-refractivity contribution is -0.575. The number of hydrogen-bond donors (Lipinski definition) is 1. The highest BCUT2D eigenvalue weighted by Gasteiger charge is 2.13. The number of aromatic nitrogens is 4. The molecule has 0 aliphatic rings. The van der Waals surface area contributed by atoms with Crippen LogP contribution in [0.25, 0.3) is 4.96 Å². The first-order valence-corrected chi connectivity index (χ1v) is 5.67. The van der Waals surface area contributed by atoms with Gasteiger partial charge in [-0.3, -0.25) is 0 Å². The van der Waals surface area contributed by atoms with Crippen molar-refractivity contribution in [2.24, 2.45) is 7.05 Å². The van der Waals surface area contributed by atoms with Crippen molar-refractivity contribution in [1.29, 1.82) is 0 Å². The Morgan fingerprint density at radius 1 is 1.31 bits per heavy atom. The highest BCUT2D eigenvalue weighted by molar-refractivity contribution is 7.19. The molecule has 2 heterocycles. The fraction of sp³-hybridized carbons (Fsp3) is 0.100. The minimum absolute atomic E-state index is 0.842. The van der Waals surface area contributed by atoms with Crippen LogP contribution in [0.4, 0.5) is 10.8 Å². The third-order valence-corrected chi connectivity index (χ3v) is 2.96. The summed E-state index contributed by atoms with van der Waals surface area (Å²) < 4.78 is 3.50. The maximum Gasteiger partial charge on any atom is 0.385 e. The largest absolute Gasteiger partial charge is 0.385 e. The molecule has 0 radical (unpaired) electrons. The van der Waals surface area contributed by atoms with Gasteiger partial charge in [0.2, 0.25) is 11.5 Å². The van der Waals surface area contributed by atoms with Crippen molar-refractivity contribution in [3.8, 4) is 0 Å². The summed E-state index contributed by atoms with van der Waals surface area (Å²) >= 11 is 1.52. The van der Waals surface area contributed by atoms with E-state index in [2.05, 4.69) is 15.5 Å². The van der Waals surface area contributed by atoms with Crippen molar-refractivity contribution < 1.29 is 4.52 Å². The molecule has 16 heavy (non-hydrogen) atoms. The molecule has 3 aromatic rings. The van der Waals surface area contributed by atoms with Gasteiger partial charge in [0.15, 0.2) is 0 Å². The van der Waals surface area contributed by atoms with E-state index in [9.17, 15) is 0 Å². The van der Waals surface area contributed by atoms with Crippen LogP contribution in [-0.2, 0) is 7.05 Å². The van der Waals surface area contributed by atoms with Crippen LogP contribution in [0.5, 0.6) is 0 Å². The second kappa shape index (κ2) is 3.57. The Morgan fingerprint density at radius 2 is 2.12 bits per heavy atom. The van der Waals surface area contributed by atoms with Gasteiger partial charge in [0, 0.05) is 5.69 Å². The number of benzene rings is 1. The SMILES string of the molecule is Cn1c[n+]2nc(Nc3ccccc3)sc2n1. The Morgan fingerprint density at radius 3 is 2.88 bits per heavy atom. The Balaban J connectivity index is 1.92. The third kappa shape index (κ3) is 1.63. The van der Waals surface area contributed by atoms with E-state index < -0.39 is 0 Å². The molecule has 80 valence electrons. The summed E-state index contributed by atoms with van der Waals surface area (Å²) in [6, 6.07) is 9.97. The lowest BCUT2D eigenvalue weighted by Gasteiger charge is -1.98. The minimum Gasteiger partial charge on any atom is -0.329 e. The molecule has 1 aromatic carbocycles. The van der Waals surface area contributed by atoms with Gasteiger partial charge in [0.05, 0.1) is 12.1 Å². The van der Waals surface area contributed by atoms with E-state index in [0.717, 1.165) is 15.8 Å². The zero-order valence-corrected chi connectivity index (χ0v) is 9.48. The Bertz CT molecular complexity index is 581. The zero-order valence-electron chi connectivity index (χ0n) is 8.66. The number of rotatable bonds is 2. The summed E-state index contributed by atoms with van der Waals surface area (Å²) in [4.78, 5) is 0.876. The fourth-order valence-corrected chi connectivity index (χ4v) is 2.27. The molecule has 5 nitrogen and oxygen atoms in total. The molecular formula is C10H10N5S+. The van der Waals surface area contributed by atoms with Gasteiger partial charge in [-0.25, -0.2) is 0 Å². The summed E-state index contributed by atoms with van der Waals surface area (Å²) in [5.41, 5.74) is 1.03. The van der Waals surface area contributed by atoms with Crippen molar-refractivity contribution in [2.75, 3.05) is 5.32 Å². The van der Waals surface area contributed by atoms with Gasteiger partial charge >= 0.3 is 4.96 Å². The van der Waals surface area contributed by atoms with Crippen molar-refractivity contribution in [2.45, 2.75) is 0 Å². The second-order valence-electron chi connectivity index (χ2n) is 3.41. The number of fused-ring (bicyclic) bond motifs is 1. The van der Waals surface area contributed by atoms with Crippen LogP contribution < -0.4 is 9.83 Å². The van der Waals surface area contributed by atoms with Crippen molar-refractivity contribution in [3.05, 3.63) is 36.7 Å². The highest BCUT2D eigenvalue weighted by atomic mass is 32.1. The molecule has 0 fully saturated rings. The van der Waals surface area contributed by atoms with Crippen LogP contribution in [-0.4, -0.2) is 14.9 Å². The van der Waals surface area contributed by atoms with Crippen LogP contribution in [0, 0.1) is 0 Å².